The van der Waals surface area contributed by atoms with E-state index in [1.54, 1.807) is 0 Å². The van der Waals surface area contributed by atoms with Gasteiger partial charge in [0.05, 0.1) is 0 Å². The van der Waals surface area contributed by atoms with Gasteiger partial charge in [-0.15, -0.1) is 0 Å². The van der Waals surface area contributed by atoms with Crippen LogP contribution in [0, 0.1) is 58.2 Å². The van der Waals surface area contributed by atoms with Crippen LogP contribution in [0.15, 0.2) is 0 Å². The summed E-state index contributed by atoms with van der Waals surface area (Å²) in [7, 11) is 0. The predicted octanol–water partition coefficient (Wildman–Crippen LogP) is 7.72. The van der Waals surface area contributed by atoms with Gasteiger partial charge in [-0.05, 0) is 136 Å². The van der Waals surface area contributed by atoms with E-state index < -0.39 is 6.04 Å². The van der Waals surface area contributed by atoms with Gasteiger partial charge in [-0.2, -0.15) is 0 Å². The van der Waals surface area contributed by atoms with E-state index in [9.17, 15) is 4.79 Å². The number of hydrogen-bond acceptors (Lipinski definition) is 4. The quantitative estimate of drug-likeness (QED) is 0.268. The number of nitrogens with two attached hydrogens (primary N) is 2. The second-order valence-electron chi connectivity index (χ2n) is 15.1. The van der Waals surface area contributed by atoms with E-state index in [1.165, 1.54) is 70.6 Å². The molecule has 4 aliphatic rings. The Hall–Kier alpha value is -0.610. The Morgan fingerprint density at radius 2 is 1.71 bits per heavy atom. The van der Waals surface area contributed by atoms with Crippen LogP contribution in [0.5, 0.6) is 0 Å². The molecule has 0 heterocycles. The molecular formula is C34H62N2O2. The van der Waals surface area contributed by atoms with Crippen molar-refractivity contribution in [2.45, 2.75) is 144 Å². The van der Waals surface area contributed by atoms with Crippen LogP contribution in [-0.4, -0.2) is 24.7 Å². The van der Waals surface area contributed by atoms with Gasteiger partial charge in [0.1, 0.15) is 12.1 Å². The minimum atomic E-state index is -0.531. The third-order valence-electron chi connectivity index (χ3n) is 13.2. The molecule has 220 valence electrons. The maximum Gasteiger partial charge on any atom is 0.323 e. The van der Waals surface area contributed by atoms with E-state index in [0.717, 1.165) is 48.3 Å². The van der Waals surface area contributed by atoms with Crippen molar-refractivity contribution in [1.29, 1.82) is 0 Å². The molecule has 4 rings (SSSR count). The summed E-state index contributed by atoms with van der Waals surface area (Å²) >= 11 is 0. The Morgan fingerprint density at radius 3 is 2.39 bits per heavy atom. The molecule has 4 fully saturated rings. The lowest BCUT2D eigenvalue weighted by Gasteiger charge is -2.62. The maximum absolute atomic E-state index is 13.0. The van der Waals surface area contributed by atoms with Crippen molar-refractivity contribution in [3.8, 4) is 0 Å². The third kappa shape index (κ3) is 5.61. The fourth-order valence-corrected chi connectivity index (χ4v) is 10.8. The first-order valence-corrected chi connectivity index (χ1v) is 16.7. The lowest BCUT2D eigenvalue weighted by atomic mass is 9.44. The molecule has 38 heavy (non-hydrogen) atoms. The molecule has 0 amide bonds. The summed E-state index contributed by atoms with van der Waals surface area (Å²) in [4.78, 5) is 13.0. The molecule has 0 aliphatic heterocycles. The Balaban J connectivity index is 1.47. The first-order chi connectivity index (χ1) is 18.1. The van der Waals surface area contributed by atoms with E-state index in [-0.39, 0.29) is 17.5 Å². The van der Waals surface area contributed by atoms with Crippen molar-refractivity contribution >= 4 is 5.97 Å². The molecule has 4 saturated carbocycles. The van der Waals surface area contributed by atoms with Crippen LogP contribution in [-0.2, 0) is 9.53 Å². The highest BCUT2D eigenvalue weighted by atomic mass is 16.5. The molecular weight excluding hydrogens is 468 g/mol. The number of carbonyl (C=O) groups excluding carboxylic acids is 1. The number of esters is 1. The van der Waals surface area contributed by atoms with Crippen LogP contribution in [0.2, 0.25) is 0 Å². The van der Waals surface area contributed by atoms with Crippen molar-refractivity contribution in [3.05, 3.63) is 0 Å². The molecule has 4 heteroatoms. The molecule has 4 aliphatic carbocycles. The summed E-state index contributed by atoms with van der Waals surface area (Å²) in [5, 5.41) is 0. The molecule has 0 aromatic carbocycles. The first-order valence-electron chi connectivity index (χ1n) is 16.7. The highest BCUT2D eigenvalue weighted by molar-refractivity contribution is 5.75. The van der Waals surface area contributed by atoms with Gasteiger partial charge in [0.25, 0.3) is 0 Å². The molecule has 4 N–H and O–H groups in total. The van der Waals surface area contributed by atoms with Gasteiger partial charge < -0.3 is 16.2 Å². The van der Waals surface area contributed by atoms with Crippen molar-refractivity contribution in [2.75, 3.05) is 6.54 Å². The Bertz CT molecular complexity index is 784. The minimum absolute atomic E-state index is 0.0352. The van der Waals surface area contributed by atoms with Crippen LogP contribution in [0.3, 0.4) is 0 Å². The fourth-order valence-electron chi connectivity index (χ4n) is 10.8. The average Bonchev–Trinajstić information content (AvgIpc) is 3.25. The molecule has 4 nitrogen and oxygen atoms in total. The predicted molar refractivity (Wildman–Crippen MR) is 158 cm³/mol. The smallest absolute Gasteiger partial charge is 0.323 e. The second-order valence-corrected chi connectivity index (χ2v) is 15.1. The van der Waals surface area contributed by atoms with Crippen molar-refractivity contribution in [1.82, 2.24) is 0 Å². The van der Waals surface area contributed by atoms with E-state index >= 15 is 0 Å². The van der Waals surface area contributed by atoms with Gasteiger partial charge in [-0.1, -0.05) is 54.4 Å². The lowest BCUT2D eigenvalue weighted by Crippen LogP contribution is -2.59. The highest BCUT2D eigenvalue weighted by Crippen LogP contribution is 2.68. The number of hydrogen-bond donors (Lipinski definition) is 2. The third-order valence-corrected chi connectivity index (χ3v) is 13.2. The van der Waals surface area contributed by atoms with Gasteiger partial charge in [0.15, 0.2) is 0 Å². The van der Waals surface area contributed by atoms with Gasteiger partial charge in [-0.3, -0.25) is 4.79 Å². The molecule has 0 radical (unpaired) electrons. The number of rotatable bonds is 11. The Labute approximate surface area is 235 Å². The zero-order valence-electron chi connectivity index (χ0n) is 25.9. The van der Waals surface area contributed by atoms with E-state index in [2.05, 4.69) is 41.5 Å². The SMILES string of the molecule is CC[C@H](CC[C@@H](C)[C@H]1CC[C@H]2[C@H]3CCC4CCCC(OC(=O)C(N)CCCN)[C@]4(C)[C@H]3CC[C@]12C)C(C)C. The van der Waals surface area contributed by atoms with Gasteiger partial charge in [0.2, 0.25) is 0 Å². The van der Waals surface area contributed by atoms with Crippen LogP contribution in [0.25, 0.3) is 0 Å². The zero-order valence-corrected chi connectivity index (χ0v) is 25.9. The van der Waals surface area contributed by atoms with Crippen molar-refractivity contribution in [3.63, 3.8) is 0 Å². The molecule has 0 aromatic rings. The number of ether oxygens (including phenoxy) is 1. The van der Waals surface area contributed by atoms with Crippen LogP contribution < -0.4 is 11.5 Å². The van der Waals surface area contributed by atoms with Crippen LogP contribution >= 0.6 is 0 Å². The molecule has 0 aromatic heterocycles. The average molecular weight is 531 g/mol. The van der Waals surface area contributed by atoms with Crippen LogP contribution in [0.4, 0.5) is 0 Å². The highest BCUT2D eigenvalue weighted by Gasteiger charge is 2.62. The summed E-state index contributed by atoms with van der Waals surface area (Å²) in [6.07, 6.45) is 17.3. The lowest BCUT2D eigenvalue weighted by molar-refractivity contribution is -0.193. The Kier molecular flexibility index (Phi) is 9.98. The van der Waals surface area contributed by atoms with Crippen molar-refractivity contribution in [2.24, 2.45) is 69.6 Å². The van der Waals surface area contributed by atoms with Gasteiger partial charge in [0, 0.05) is 5.41 Å². The van der Waals surface area contributed by atoms with Gasteiger partial charge in [-0.25, -0.2) is 0 Å². The van der Waals surface area contributed by atoms with Crippen molar-refractivity contribution < 1.29 is 9.53 Å². The number of carbonyl (C=O) groups is 1. The molecule has 3 unspecified atom stereocenters. The topological polar surface area (TPSA) is 78.3 Å². The van der Waals surface area contributed by atoms with Crippen LogP contribution in [0.1, 0.15) is 131 Å². The van der Waals surface area contributed by atoms with E-state index in [4.69, 9.17) is 16.2 Å². The Morgan fingerprint density at radius 1 is 0.947 bits per heavy atom. The largest absolute Gasteiger partial charge is 0.461 e. The zero-order chi connectivity index (χ0) is 27.7. The summed E-state index contributed by atoms with van der Waals surface area (Å²) < 4.78 is 6.35. The maximum atomic E-state index is 13.0. The summed E-state index contributed by atoms with van der Waals surface area (Å²) in [5.41, 5.74) is 12.5. The van der Waals surface area contributed by atoms with Gasteiger partial charge >= 0.3 is 5.97 Å². The fraction of sp³-hybridized carbons (Fsp3) is 0.971. The summed E-state index contributed by atoms with van der Waals surface area (Å²) in [5.74, 6) is 6.25. The number of fused-ring (bicyclic) bond motifs is 5. The molecule has 11 atom stereocenters. The monoisotopic (exact) mass is 530 g/mol. The van der Waals surface area contributed by atoms with E-state index in [0.29, 0.717) is 30.2 Å². The first kappa shape index (κ1) is 30.4. The summed E-state index contributed by atoms with van der Waals surface area (Å²) in [6.45, 7) is 15.6. The normalized spacial score (nSPS) is 41.1. The standard InChI is InChI=1S/C34H62N2O2/c1-7-24(22(2)3)14-13-23(4)27-17-18-28-26-16-15-25-10-8-12-31(38-32(37)30(36)11-9-21-35)34(25,6)29(26)19-20-33(27,28)5/h22-31H,7-21,35-36H2,1-6H3/t23-,24-,25?,26-,27-,28+,29+,30?,31?,33-,34+/m1/s1. The molecule has 0 saturated heterocycles. The molecule has 0 spiro atoms. The molecule has 0 bridgehead atoms. The second kappa shape index (κ2) is 12.5. The minimum Gasteiger partial charge on any atom is -0.461 e. The summed E-state index contributed by atoms with van der Waals surface area (Å²) in [6, 6.07) is -0.531. The van der Waals surface area contributed by atoms with E-state index in [1.807, 2.05) is 0 Å².